The highest BCUT2D eigenvalue weighted by molar-refractivity contribution is 6.36. The maximum Gasteiger partial charge on any atom is 0.390 e. The zero-order chi connectivity index (χ0) is 20.8. The summed E-state index contributed by atoms with van der Waals surface area (Å²) in [6.07, 6.45) is 2.82. The van der Waals surface area contributed by atoms with E-state index in [9.17, 15) is 10.1 Å². The molecule has 0 saturated heterocycles. The molecule has 0 atom stereocenters. The second kappa shape index (κ2) is 9.14. The standard InChI is InChI=1S/C18H13Cl2N7O2/c19-11-1-2-14(15(20)7-11)17-18(27(28)29)25-10-16(26-17)24-6-5-23-12-3-4-22-13(8-12)9-21/h1-4,7-8,10H,5-6H2,(H,22,23)(H,24,26). The van der Waals surface area contributed by atoms with Crippen molar-refractivity contribution in [1.82, 2.24) is 15.0 Å². The van der Waals surface area contributed by atoms with Gasteiger partial charge in [0.1, 0.15) is 11.8 Å². The Balaban J connectivity index is 1.73. The van der Waals surface area contributed by atoms with Crippen LogP contribution in [-0.2, 0) is 0 Å². The van der Waals surface area contributed by atoms with Gasteiger partial charge in [-0.2, -0.15) is 5.26 Å². The van der Waals surface area contributed by atoms with Gasteiger partial charge in [-0.25, -0.2) is 9.97 Å². The molecule has 0 radical (unpaired) electrons. The van der Waals surface area contributed by atoms with Crippen LogP contribution >= 0.6 is 23.2 Å². The molecule has 2 aromatic heterocycles. The first-order valence-corrected chi connectivity index (χ1v) is 9.04. The zero-order valence-corrected chi connectivity index (χ0v) is 16.3. The average Bonchev–Trinajstić information content (AvgIpc) is 2.71. The number of nitrogens with one attached hydrogen (secondary N) is 2. The largest absolute Gasteiger partial charge is 0.390 e. The molecule has 9 nitrogen and oxygen atoms in total. The van der Waals surface area contributed by atoms with Gasteiger partial charge in [-0.15, -0.1) is 0 Å². The van der Waals surface area contributed by atoms with Crippen molar-refractivity contribution >= 4 is 40.5 Å². The summed E-state index contributed by atoms with van der Waals surface area (Å²) in [6.45, 7) is 0.953. The van der Waals surface area contributed by atoms with Gasteiger partial charge in [0.2, 0.25) is 0 Å². The van der Waals surface area contributed by atoms with E-state index in [1.54, 1.807) is 24.3 Å². The third-order valence-electron chi connectivity index (χ3n) is 3.75. The molecule has 11 heteroatoms. The lowest BCUT2D eigenvalue weighted by Crippen LogP contribution is -2.15. The van der Waals surface area contributed by atoms with E-state index in [-0.39, 0.29) is 10.7 Å². The molecular formula is C18H13Cl2N7O2. The van der Waals surface area contributed by atoms with Crippen LogP contribution in [-0.4, -0.2) is 33.0 Å². The number of hydrogen-bond donors (Lipinski definition) is 2. The highest BCUT2D eigenvalue weighted by Crippen LogP contribution is 2.34. The number of nitriles is 1. The molecular weight excluding hydrogens is 417 g/mol. The third-order valence-corrected chi connectivity index (χ3v) is 4.29. The number of rotatable bonds is 7. The summed E-state index contributed by atoms with van der Waals surface area (Å²) in [7, 11) is 0. The number of halogens is 2. The lowest BCUT2D eigenvalue weighted by atomic mass is 10.1. The van der Waals surface area contributed by atoms with Crippen molar-refractivity contribution in [3.63, 3.8) is 0 Å². The maximum atomic E-state index is 11.3. The van der Waals surface area contributed by atoms with Crippen LogP contribution in [0.25, 0.3) is 11.3 Å². The van der Waals surface area contributed by atoms with Crippen LogP contribution in [0.2, 0.25) is 10.0 Å². The molecule has 3 aromatic rings. The van der Waals surface area contributed by atoms with Crippen LogP contribution in [0, 0.1) is 21.4 Å². The van der Waals surface area contributed by atoms with Gasteiger partial charge < -0.3 is 20.7 Å². The van der Waals surface area contributed by atoms with E-state index in [4.69, 9.17) is 28.5 Å². The Kier molecular flexibility index (Phi) is 6.39. The van der Waals surface area contributed by atoms with Crippen molar-refractivity contribution in [2.75, 3.05) is 23.7 Å². The predicted octanol–water partition coefficient (Wildman–Crippen LogP) is 4.15. The van der Waals surface area contributed by atoms with Crippen LogP contribution in [0.4, 0.5) is 17.3 Å². The first kappa shape index (κ1) is 20.3. The average molecular weight is 430 g/mol. The van der Waals surface area contributed by atoms with Crippen LogP contribution in [0.3, 0.4) is 0 Å². The van der Waals surface area contributed by atoms with E-state index in [2.05, 4.69) is 25.6 Å². The van der Waals surface area contributed by atoms with Crippen molar-refractivity contribution < 1.29 is 4.92 Å². The van der Waals surface area contributed by atoms with E-state index in [1.165, 1.54) is 18.5 Å². The van der Waals surface area contributed by atoms with Crippen molar-refractivity contribution in [3.05, 3.63) is 68.6 Å². The van der Waals surface area contributed by atoms with E-state index in [0.717, 1.165) is 5.69 Å². The number of nitro groups is 1. The minimum absolute atomic E-state index is 0.0439. The molecule has 29 heavy (non-hydrogen) atoms. The SMILES string of the molecule is N#Cc1cc(NCCNc2cnc([N+](=O)[O-])c(-c3ccc(Cl)cc3Cl)n2)ccn1. The van der Waals surface area contributed by atoms with Crippen molar-refractivity contribution in [2.24, 2.45) is 0 Å². The first-order valence-electron chi connectivity index (χ1n) is 8.28. The molecule has 146 valence electrons. The molecule has 0 saturated carbocycles. The lowest BCUT2D eigenvalue weighted by Gasteiger charge is -2.09. The molecule has 0 aliphatic carbocycles. The van der Waals surface area contributed by atoms with Crippen LogP contribution in [0.1, 0.15) is 5.69 Å². The van der Waals surface area contributed by atoms with Gasteiger partial charge in [-0.05, 0) is 40.2 Å². The van der Waals surface area contributed by atoms with E-state index < -0.39 is 10.7 Å². The summed E-state index contributed by atoms with van der Waals surface area (Å²) in [5.41, 5.74) is 1.47. The minimum atomic E-state index is -0.616. The normalized spacial score (nSPS) is 10.2. The van der Waals surface area contributed by atoms with Gasteiger partial charge in [0.25, 0.3) is 0 Å². The van der Waals surface area contributed by atoms with Gasteiger partial charge in [0, 0.05) is 35.6 Å². The number of aromatic nitrogens is 3. The Labute approximate surface area is 175 Å². The fourth-order valence-corrected chi connectivity index (χ4v) is 2.96. The molecule has 0 amide bonds. The number of anilines is 2. The number of nitrogens with zero attached hydrogens (tertiary/aromatic N) is 5. The lowest BCUT2D eigenvalue weighted by molar-refractivity contribution is -0.389. The van der Waals surface area contributed by atoms with Crippen LogP contribution < -0.4 is 10.6 Å². The quantitative estimate of drug-likeness (QED) is 0.325. The van der Waals surface area contributed by atoms with Crippen molar-refractivity contribution in [3.8, 4) is 17.3 Å². The summed E-state index contributed by atoms with van der Waals surface area (Å²) >= 11 is 12.1. The monoisotopic (exact) mass is 429 g/mol. The second-order valence-corrected chi connectivity index (χ2v) is 6.55. The zero-order valence-electron chi connectivity index (χ0n) is 14.8. The van der Waals surface area contributed by atoms with Gasteiger partial charge in [-0.3, -0.25) is 0 Å². The minimum Gasteiger partial charge on any atom is -0.383 e. The molecule has 0 aliphatic heterocycles. The molecule has 0 fully saturated rings. The molecule has 1 aromatic carbocycles. The number of pyridine rings is 1. The Bertz CT molecular complexity index is 1100. The summed E-state index contributed by atoms with van der Waals surface area (Å²) in [4.78, 5) is 22.8. The summed E-state index contributed by atoms with van der Waals surface area (Å²) in [5, 5.41) is 27.0. The summed E-state index contributed by atoms with van der Waals surface area (Å²) in [6, 6.07) is 9.96. The highest BCUT2D eigenvalue weighted by atomic mass is 35.5. The van der Waals surface area contributed by atoms with E-state index >= 15 is 0 Å². The van der Waals surface area contributed by atoms with Gasteiger partial charge >= 0.3 is 5.82 Å². The molecule has 2 N–H and O–H groups in total. The van der Waals surface area contributed by atoms with Gasteiger partial charge in [0.15, 0.2) is 17.7 Å². The van der Waals surface area contributed by atoms with Crippen molar-refractivity contribution in [2.45, 2.75) is 0 Å². The molecule has 3 rings (SSSR count). The molecule has 2 heterocycles. The first-order chi connectivity index (χ1) is 14.0. The van der Waals surface area contributed by atoms with Crippen LogP contribution in [0.5, 0.6) is 0 Å². The number of hydrogen-bond acceptors (Lipinski definition) is 8. The summed E-state index contributed by atoms with van der Waals surface area (Å²) in [5.74, 6) is -0.0513. The van der Waals surface area contributed by atoms with E-state index in [1.807, 2.05) is 6.07 Å². The molecule has 0 aliphatic rings. The topological polar surface area (TPSA) is 130 Å². The second-order valence-electron chi connectivity index (χ2n) is 5.70. The number of benzene rings is 1. The maximum absolute atomic E-state index is 11.3. The smallest absolute Gasteiger partial charge is 0.383 e. The Morgan fingerprint density at radius 2 is 1.93 bits per heavy atom. The molecule has 0 spiro atoms. The van der Waals surface area contributed by atoms with Crippen molar-refractivity contribution in [1.29, 1.82) is 5.26 Å². The van der Waals surface area contributed by atoms with E-state index in [0.29, 0.717) is 35.2 Å². The van der Waals surface area contributed by atoms with Gasteiger partial charge in [0.05, 0.1) is 5.02 Å². The fourth-order valence-electron chi connectivity index (χ4n) is 2.46. The molecule has 0 unspecified atom stereocenters. The molecule has 0 bridgehead atoms. The third kappa shape index (κ3) is 5.07. The Morgan fingerprint density at radius 1 is 1.14 bits per heavy atom. The van der Waals surface area contributed by atoms with Crippen LogP contribution in [0.15, 0.2) is 42.7 Å². The highest BCUT2D eigenvalue weighted by Gasteiger charge is 2.22. The van der Waals surface area contributed by atoms with Gasteiger partial charge in [-0.1, -0.05) is 23.2 Å². The predicted molar refractivity (Wildman–Crippen MR) is 110 cm³/mol. The fraction of sp³-hybridized carbons (Fsp3) is 0.111. The summed E-state index contributed by atoms with van der Waals surface area (Å²) < 4.78 is 0. The Hall–Kier alpha value is -3.48. The Morgan fingerprint density at radius 3 is 2.66 bits per heavy atom.